The number of aromatic nitrogens is 1. The lowest BCUT2D eigenvalue weighted by atomic mass is 10.1. The second-order valence-corrected chi connectivity index (χ2v) is 8.78. The number of carbonyl (C=O) groups excluding carboxylic acids is 2. The van der Waals surface area contributed by atoms with Gasteiger partial charge in [0.25, 0.3) is 5.91 Å². The lowest BCUT2D eigenvalue weighted by molar-refractivity contribution is -0.122. The first kappa shape index (κ1) is 21.8. The summed E-state index contributed by atoms with van der Waals surface area (Å²) in [5.41, 5.74) is 0.897. The van der Waals surface area contributed by atoms with Crippen LogP contribution in [0.4, 0.5) is 5.69 Å². The molecule has 1 aliphatic rings. The molecule has 0 fully saturated rings. The Morgan fingerprint density at radius 3 is 2.77 bits per heavy atom. The van der Waals surface area contributed by atoms with Crippen LogP contribution in [0.5, 0.6) is 11.5 Å². The average molecular weight is 432 g/mol. The molecular weight excluding hydrogens is 408 g/mol. The first-order valence-corrected chi connectivity index (χ1v) is 11.1. The van der Waals surface area contributed by atoms with E-state index in [2.05, 4.69) is 10.3 Å². The number of anilines is 1. The summed E-state index contributed by atoms with van der Waals surface area (Å²) in [5, 5.41) is 1.89. The zero-order chi connectivity index (χ0) is 21.8. The highest BCUT2D eigenvalue weighted by Crippen LogP contribution is 2.31. The average Bonchev–Trinajstić information content (AvgIpc) is 2.72. The molecule has 1 aliphatic heterocycles. The number of hydrogen-bond donors (Lipinski definition) is 2. The fourth-order valence-electron chi connectivity index (χ4n) is 2.90. The van der Waals surface area contributed by atoms with Crippen molar-refractivity contribution in [1.29, 1.82) is 0 Å². The number of ketones is 1. The molecule has 1 amide bonds. The van der Waals surface area contributed by atoms with Crippen LogP contribution in [0, 0.1) is 0 Å². The van der Waals surface area contributed by atoms with Gasteiger partial charge >= 0.3 is 0 Å². The number of amides is 1. The molecule has 2 aromatic rings. The Bertz CT molecular complexity index is 1050. The molecule has 0 aliphatic carbocycles. The van der Waals surface area contributed by atoms with Crippen molar-refractivity contribution in [3.8, 4) is 11.5 Å². The second kappa shape index (κ2) is 9.25. The molecule has 0 saturated carbocycles. The summed E-state index contributed by atoms with van der Waals surface area (Å²) in [6.07, 6.45) is 1.62. The molecule has 30 heavy (non-hydrogen) atoms. The topological polar surface area (TPSA) is 115 Å². The highest BCUT2D eigenvalue weighted by Gasteiger charge is 2.27. The number of fused-ring (bicyclic) bond motifs is 1. The third-order valence-corrected chi connectivity index (χ3v) is 6.25. The minimum atomic E-state index is -1.56. The number of H-pyrrole nitrogens is 1. The smallest absolute Gasteiger partial charge is 0.265 e. The number of aromatic amines is 1. The molecule has 3 rings (SSSR count). The summed E-state index contributed by atoms with van der Waals surface area (Å²) in [6.45, 7) is 5.58. The first-order valence-electron chi connectivity index (χ1n) is 9.67. The second-order valence-electron chi connectivity index (χ2n) is 7.03. The Balaban J connectivity index is 1.70. The van der Waals surface area contributed by atoms with Crippen molar-refractivity contribution >= 4 is 28.2 Å². The highest BCUT2D eigenvalue weighted by atomic mass is 32.2. The maximum Gasteiger partial charge on any atom is 0.265 e. The third kappa shape index (κ3) is 4.79. The molecule has 1 aromatic heterocycles. The zero-order valence-corrected chi connectivity index (χ0v) is 17.8. The van der Waals surface area contributed by atoms with E-state index >= 15 is 0 Å². The molecule has 0 saturated heterocycles. The monoisotopic (exact) mass is 432 g/mol. The van der Waals surface area contributed by atoms with Crippen LogP contribution < -0.4 is 20.2 Å². The molecule has 160 valence electrons. The normalized spacial score (nSPS) is 17.3. The Morgan fingerprint density at radius 2 is 2.07 bits per heavy atom. The maximum atomic E-state index is 12.8. The van der Waals surface area contributed by atoms with Crippen LogP contribution in [0.3, 0.4) is 0 Å². The Hall–Kier alpha value is -2.94. The van der Waals surface area contributed by atoms with Gasteiger partial charge in [0.15, 0.2) is 17.6 Å². The first-order chi connectivity index (χ1) is 14.3. The number of hydrogen-bond acceptors (Lipinski definition) is 6. The summed E-state index contributed by atoms with van der Waals surface area (Å²) in [5.74, 6) is 0.102. The van der Waals surface area contributed by atoms with Crippen LogP contribution in [0.1, 0.15) is 43.2 Å². The minimum Gasteiger partial charge on any atom is -0.488 e. The number of ether oxygens (including phenoxy) is 2. The van der Waals surface area contributed by atoms with Crippen molar-refractivity contribution in [3.63, 3.8) is 0 Å². The van der Waals surface area contributed by atoms with E-state index in [0.29, 0.717) is 29.3 Å². The van der Waals surface area contributed by atoms with Crippen LogP contribution in [-0.2, 0) is 21.3 Å². The van der Waals surface area contributed by atoms with Crippen LogP contribution in [-0.4, -0.2) is 38.8 Å². The molecule has 1 aromatic carbocycles. The summed E-state index contributed by atoms with van der Waals surface area (Å²) < 4.78 is 23.5. The number of Topliss-reactive ketones (excluding diaryl/α,β-unsaturated/α-hetero) is 1. The minimum absolute atomic E-state index is 0.0263. The highest BCUT2D eigenvalue weighted by molar-refractivity contribution is 7.85. The van der Waals surface area contributed by atoms with Gasteiger partial charge in [0.05, 0.1) is 23.3 Å². The fourth-order valence-corrected chi connectivity index (χ4v) is 4.00. The fraction of sp³-hybridized carbons (Fsp3) is 0.381. The van der Waals surface area contributed by atoms with E-state index < -0.39 is 22.2 Å². The van der Waals surface area contributed by atoms with Crippen LogP contribution in [0.15, 0.2) is 35.3 Å². The van der Waals surface area contributed by atoms with E-state index in [-0.39, 0.29) is 28.6 Å². The van der Waals surface area contributed by atoms with Crippen molar-refractivity contribution in [3.05, 3.63) is 51.9 Å². The Labute approximate surface area is 176 Å². The molecule has 2 heterocycles. The third-order valence-electron chi connectivity index (χ3n) is 4.65. The van der Waals surface area contributed by atoms with Crippen LogP contribution in [0.2, 0.25) is 0 Å². The van der Waals surface area contributed by atoms with Gasteiger partial charge in [-0.25, -0.2) is 0 Å². The van der Waals surface area contributed by atoms with Crippen LogP contribution >= 0.6 is 0 Å². The van der Waals surface area contributed by atoms with Gasteiger partial charge in [0, 0.05) is 34.3 Å². The van der Waals surface area contributed by atoms with Gasteiger partial charge in [-0.1, -0.05) is 6.92 Å². The lowest BCUT2D eigenvalue weighted by Gasteiger charge is -2.23. The Morgan fingerprint density at radius 1 is 1.30 bits per heavy atom. The number of benzene rings is 1. The molecule has 9 heteroatoms. The van der Waals surface area contributed by atoms with Gasteiger partial charge in [-0.15, -0.1) is 0 Å². The van der Waals surface area contributed by atoms with Crippen molar-refractivity contribution in [2.24, 2.45) is 0 Å². The Kier molecular flexibility index (Phi) is 6.71. The van der Waals surface area contributed by atoms with Gasteiger partial charge in [0.2, 0.25) is 5.43 Å². The lowest BCUT2D eigenvalue weighted by Crippen LogP contribution is -2.34. The van der Waals surface area contributed by atoms with Gasteiger partial charge < -0.3 is 19.8 Å². The van der Waals surface area contributed by atoms with E-state index in [9.17, 15) is 18.6 Å². The van der Waals surface area contributed by atoms with E-state index in [0.717, 1.165) is 6.42 Å². The van der Waals surface area contributed by atoms with Crippen LogP contribution in [0.25, 0.3) is 0 Å². The summed E-state index contributed by atoms with van der Waals surface area (Å²) >= 11 is 0. The number of carbonyl (C=O) groups is 2. The molecule has 0 radical (unpaired) electrons. The molecule has 3 atom stereocenters. The predicted octanol–water partition coefficient (Wildman–Crippen LogP) is 2.40. The van der Waals surface area contributed by atoms with E-state index in [1.54, 1.807) is 26.0 Å². The van der Waals surface area contributed by atoms with E-state index in [1.165, 1.54) is 18.3 Å². The predicted molar refractivity (Wildman–Crippen MR) is 114 cm³/mol. The van der Waals surface area contributed by atoms with Crippen molar-refractivity contribution in [1.82, 2.24) is 4.98 Å². The molecule has 3 unspecified atom stereocenters. The van der Waals surface area contributed by atoms with Crippen molar-refractivity contribution < 1.29 is 23.3 Å². The molecule has 0 spiro atoms. The quantitative estimate of drug-likeness (QED) is 0.619. The van der Waals surface area contributed by atoms with Gasteiger partial charge in [-0.05, 0) is 38.5 Å². The van der Waals surface area contributed by atoms with Gasteiger partial charge in [-0.3, -0.25) is 18.6 Å². The van der Waals surface area contributed by atoms with Crippen molar-refractivity contribution in [2.75, 3.05) is 11.9 Å². The zero-order valence-electron chi connectivity index (χ0n) is 17.0. The SMILES string of the molecule is CCCOc1c[nH]c(CS(=O)C(C)C(=O)c2ccc3c(c2)NC(=O)C(C)O3)cc1=O. The number of nitrogens with one attached hydrogen (secondary N) is 2. The van der Waals surface area contributed by atoms with E-state index in [4.69, 9.17) is 9.47 Å². The largest absolute Gasteiger partial charge is 0.488 e. The van der Waals surface area contributed by atoms with Gasteiger partial charge in [-0.2, -0.15) is 0 Å². The van der Waals surface area contributed by atoms with E-state index in [1.807, 2.05) is 6.92 Å². The molecule has 8 nitrogen and oxygen atoms in total. The summed E-state index contributed by atoms with van der Waals surface area (Å²) in [6, 6.07) is 6.06. The van der Waals surface area contributed by atoms with Gasteiger partial charge in [0.1, 0.15) is 5.75 Å². The van der Waals surface area contributed by atoms with Crippen molar-refractivity contribution in [2.45, 2.75) is 44.3 Å². The molecular formula is C21H24N2O6S. The number of rotatable bonds is 8. The molecule has 0 bridgehead atoms. The number of pyridine rings is 1. The summed E-state index contributed by atoms with van der Waals surface area (Å²) in [7, 11) is -1.56. The molecule has 2 N–H and O–H groups in total. The summed E-state index contributed by atoms with van der Waals surface area (Å²) in [4.78, 5) is 39.6. The maximum absolute atomic E-state index is 12.8. The standard InChI is InChI=1S/C21H24N2O6S/c1-4-7-28-19-10-22-15(9-17(19)24)11-30(27)13(3)20(25)14-5-6-18-16(8-14)23-21(26)12(2)29-18/h5-6,8-10,12-13H,4,7,11H2,1-3H3,(H,22,24)(H,23,26).